The monoisotopic (exact) mass is 334 g/mol. The molecule has 1 aromatic heterocycles. The lowest BCUT2D eigenvalue weighted by molar-refractivity contribution is 0.102. The molecule has 104 valence electrons. The molecule has 1 aromatic carbocycles. The molecule has 2 rings (SSSR count). The van der Waals surface area contributed by atoms with E-state index >= 15 is 0 Å². The molecular formula is C15H15BrN2O2. The van der Waals surface area contributed by atoms with Gasteiger partial charge in [-0.3, -0.25) is 4.79 Å². The molecule has 0 aliphatic carbocycles. The summed E-state index contributed by atoms with van der Waals surface area (Å²) in [7, 11) is 0. The number of halogens is 1. The van der Waals surface area contributed by atoms with Crippen molar-refractivity contribution in [2.75, 3.05) is 5.32 Å². The number of benzene rings is 1. The Bertz CT molecular complexity index is 597. The van der Waals surface area contributed by atoms with E-state index in [4.69, 9.17) is 4.74 Å². The number of nitrogens with one attached hydrogen (secondary N) is 1. The number of hydrogen-bond acceptors (Lipinski definition) is 3. The summed E-state index contributed by atoms with van der Waals surface area (Å²) >= 11 is 3.24. The van der Waals surface area contributed by atoms with Crippen LogP contribution in [-0.4, -0.2) is 17.0 Å². The molecule has 1 N–H and O–H groups in total. The van der Waals surface area contributed by atoms with Crippen LogP contribution >= 0.6 is 15.9 Å². The summed E-state index contributed by atoms with van der Waals surface area (Å²) in [6, 6.07) is 12.5. The van der Waals surface area contributed by atoms with Crippen molar-refractivity contribution in [2.24, 2.45) is 0 Å². The Morgan fingerprint density at radius 3 is 2.50 bits per heavy atom. The summed E-state index contributed by atoms with van der Waals surface area (Å²) < 4.78 is 6.17. The van der Waals surface area contributed by atoms with Gasteiger partial charge in [0.05, 0.1) is 6.10 Å². The van der Waals surface area contributed by atoms with Gasteiger partial charge in [0.1, 0.15) is 16.0 Å². The lowest BCUT2D eigenvalue weighted by Crippen LogP contribution is -2.13. The lowest BCUT2D eigenvalue weighted by atomic mass is 10.2. The van der Waals surface area contributed by atoms with Crippen molar-refractivity contribution < 1.29 is 9.53 Å². The summed E-state index contributed by atoms with van der Waals surface area (Å²) in [6.07, 6.45) is 0.126. The first-order chi connectivity index (χ1) is 9.54. The first kappa shape index (κ1) is 14.5. The minimum atomic E-state index is -0.246. The average Bonchev–Trinajstić information content (AvgIpc) is 2.40. The largest absolute Gasteiger partial charge is 0.491 e. The van der Waals surface area contributed by atoms with E-state index in [0.29, 0.717) is 16.0 Å². The number of pyridine rings is 1. The van der Waals surface area contributed by atoms with Crippen LogP contribution in [0.15, 0.2) is 47.1 Å². The van der Waals surface area contributed by atoms with Gasteiger partial charge in [0.2, 0.25) is 0 Å². The molecular weight excluding hydrogens is 320 g/mol. The molecule has 0 bridgehead atoms. The van der Waals surface area contributed by atoms with Gasteiger partial charge in [0.25, 0.3) is 5.91 Å². The fraction of sp³-hybridized carbons (Fsp3) is 0.200. The highest BCUT2D eigenvalue weighted by molar-refractivity contribution is 9.10. The van der Waals surface area contributed by atoms with Crippen LogP contribution in [0.3, 0.4) is 0 Å². The summed E-state index contributed by atoms with van der Waals surface area (Å²) in [5, 5.41) is 2.79. The van der Waals surface area contributed by atoms with E-state index in [0.717, 1.165) is 5.75 Å². The Kier molecular flexibility index (Phi) is 4.74. The number of carbonyl (C=O) groups is 1. The van der Waals surface area contributed by atoms with E-state index in [2.05, 4.69) is 26.2 Å². The molecule has 0 spiro atoms. The second-order valence-corrected chi connectivity index (χ2v) is 5.30. The van der Waals surface area contributed by atoms with Gasteiger partial charge in [-0.05, 0) is 66.2 Å². The minimum absolute atomic E-state index is 0.126. The highest BCUT2D eigenvalue weighted by Crippen LogP contribution is 2.17. The molecule has 0 saturated heterocycles. The Hall–Kier alpha value is -1.88. The van der Waals surface area contributed by atoms with Crippen LogP contribution < -0.4 is 10.1 Å². The zero-order valence-corrected chi connectivity index (χ0v) is 12.8. The smallest absolute Gasteiger partial charge is 0.274 e. The summed E-state index contributed by atoms with van der Waals surface area (Å²) in [5.74, 6) is 0.530. The van der Waals surface area contributed by atoms with E-state index < -0.39 is 0 Å². The number of anilines is 1. The zero-order valence-electron chi connectivity index (χ0n) is 11.3. The van der Waals surface area contributed by atoms with Gasteiger partial charge in [-0.15, -0.1) is 0 Å². The first-order valence-electron chi connectivity index (χ1n) is 6.25. The predicted octanol–water partition coefficient (Wildman–Crippen LogP) is 3.88. The maximum atomic E-state index is 12.0. The molecule has 5 heteroatoms. The molecule has 1 heterocycles. The van der Waals surface area contributed by atoms with Gasteiger partial charge in [-0.2, -0.15) is 0 Å². The first-order valence-corrected chi connectivity index (χ1v) is 7.04. The molecule has 0 radical (unpaired) electrons. The number of carbonyl (C=O) groups excluding carboxylic acids is 1. The molecule has 0 atom stereocenters. The van der Waals surface area contributed by atoms with Gasteiger partial charge < -0.3 is 10.1 Å². The van der Waals surface area contributed by atoms with E-state index in [1.165, 1.54) is 0 Å². The van der Waals surface area contributed by atoms with Crippen LogP contribution in [-0.2, 0) is 0 Å². The molecule has 0 fully saturated rings. The molecule has 0 unspecified atom stereocenters. The van der Waals surface area contributed by atoms with Crippen molar-refractivity contribution in [1.29, 1.82) is 0 Å². The number of amides is 1. The van der Waals surface area contributed by atoms with Crippen molar-refractivity contribution in [3.05, 3.63) is 52.8 Å². The number of hydrogen-bond donors (Lipinski definition) is 1. The Morgan fingerprint density at radius 1 is 1.20 bits per heavy atom. The molecule has 2 aromatic rings. The van der Waals surface area contributed by atoms with E-state index in [1.807, 2.05) is 26.0 Å². The van der Waals surface area contributed by atoms with Gasteiger partial charge in [0, 0.05) is 5.69 Å². The quantitative estimate of drug-likeness (QED) is 0.863. The Labute approximate surface area is 126 Å². The van der Waals surface area contributed by atoms with Crippen molar-refractivity contribution in [3.8, 4) is 5.75 Å². The maximum absolute atomic E-state index is 12.0. The SMILES string of the molecule is CC(C)Oc1ccc(NC(=O)c2cccc(Br)n2)cc1. The Morgan fingerprint density at radius 2 is 1.90 bits per heavy atom. The van der Waals surface area contributed by atoms with Crippen LogP contribution in [0.1, 0.15) is 24.3 Å². The second kappa shape index (κ2) is 6.52. The Balaban J connectivity index is 2.04. The second-order valence-electron chi connectivity index (χ2n) is 4.49. The standard InChI is InChI=1S/C15H15BrN2O2/c1-10(2)20-12-8-6-11(7-9-12)17-15(19)13-4-3-5-14(16)18-13/h3-10H,1-2H3,(H,17,19). The summed E-state index contributed by atoms with van der Waals surface area (Å²) in [5.41, 5.74) is 1.06. The van der Waals surface area contributed by atoms with Crippen molar-refractivity contribution >= 4 is 27.5 Å². The van der Waals surface area contributed by atoms with Crippen molar-refractivity contribution in [3.63, 3.8) is 0 Å². The molecule has 1 amide bonds. The summed E-state index contributed by atoms with van der Waals surface area (Å²) in [6.45, 7) is 3.93. The normalized spacial score (nSPS) is 10.4. The third-order valence-corrected chi connectivity index (χ3v) is 2.87. The van der Waals surface area contributed by atoms with Crippen LogP contribution in [0.4, 0.5) is 5.69 Å². The predicted molar refractivity (Wildman–Crippen MR) is 82.1 cm³/mol. The number of nitrogens with zero attached hydrogens (tertiary/aromatic N) is 1. The van der Waals surface area contributed by atoms with Gasteiger partial charge in [-0.25, -0.2) is 4.98 Å². The number of ether oxygens (including phenoxy) is 1. The van der Waals surface area contributed by atoms with Gasteiger partial charge in [0.15, 0.2) is 0 Å². The molecule has 0 saturated carbocycles. The number of aromatic nitrogens is 1. The highest BCUT2D eigenvalue weighted by Gasteiger charge is 2.08. The van der Waals surface area contributed by atoms with Crippen molar-refractivity contribution in [1.82, 2.24) is 4.98 Å². The van der Waals surface area contributed by atoms with Gasteiger partial charge >= 0.3 is 0 Å². The van der Waals surface area contributed by atoms with Crippen LogP contribution in [0.25, 0.3) is 0 Å². The van der Waals surface area contributed by atoms with Gasteiger partial charge in [-0.1, -0.05) is 6.07 Å². The van der Waals surface area contributed by atoms with E-state index in [1.54, 1.807) is 30.3 Å². The third-order valence-electron chi connectivity index (χ3n) is 2.43. The average molecular weight is 335 g/mol. The molecule has 4 nitrogen and oxygen atoms in total. The zero-order chi connectivity index (χ0) is 14.5. The third kappa shape index (κ3) is 4.06. The van der Waals surface area contributed by atoms with Crippen LogP contribution in [0.5, 0.6) is 5.75 Å². The molecule has 0 aliphatic rings. The van der Waals surface area contributed by atoms with Crippen molar-refractivity contribution in [2.45, 2.75) is 20.0 Å². The minimum Gasteiger partial charge on any atom is -0.491 e. The molecule has 0 aliphatic heterocycles. The topological polar surface area (TPSA) is 51.2 Å². The summed E-state index contributed by atoms with van der Waals surface area (Å²) in [4.78, 5) is 16.1. The lowest BCUT2D eigenvalue weighted by Gasteiger charge is -2.10. The van der Waals surface area contributed by atoms with Crippen LogP contribution in [0, 0.1) is 0 Å². The molecule has 20 heavy (non-hydrogen) atoms. The maximum Gasteiger partial charge on any atom is 0.274 e. The van der Waals surface area contributed by atoms with E-state index in [9.17, 15) is 4.79 Å². The van der Waals surface area contributed by atoms with Crippen LogP contribution in [0.2, 0.25) is 0 Å². The highest BCUT2D eigenvalue weighted by atomic mass is 79.9. The fourth-order valence-electron chi connectivity index (χ4n) is 1.62. The van der Waals surface area contributed by atoms with E-state index in [-0.39, 0.29) is 12.0 Å². The number of rotatable bonds is 4. The fourth-order valence-corrected chi connectivity index (χ4v) is 1.96.